The van der Waals surface area contributed by atoms with Crippen molar-refractivity contribution in [3.63, 3.8) is 0 Å². The van der Waals surface area contributed by atoms with Gasteiger partial charge in [-0.3, -0.25) is 4.79 Å². The Labute approximate surface area is 92.1 Å². The van der Waals surface area contributed by atoms with E-state index in [1.165, 1.54) is 4.90 Å². The lowest BCUT2D eigenvalue weighted by molar-refractivity contribution is -0.135. The van der Waals surface area contributed by atoms with Crippen molar-refractivity contribution < 1.29 is 14.3 Å². The van der Waals surface area contributed by atoms with Crippen molar-refractivity contribution in [2.45, 2.75) is 0 Å². The Morgan fingerprint density at radius 2 is 2.00 bits per heavy atom. The number of halogens is 2. The third-order valence-electron chi connectivity index (χ3n) is 1.87. The van der Waals surface area contributed by atoms with Crippen LogP contribution in [-0.2, 0) is 4.79 Å². The van der Waals surface area contributed by atoms with Crippen LogP contribution in [0.25, 0.3) is 0 Å². The van der Waals surface area contributed by atoms with Gasteiger partial charge in [0.1, 0.15) is 13.2 Å². The van der Waals surface area contributed by atoms with Gasteiger partial charge < -0.3 is 10.0 Å². The quantitative estimate of drug-likeness (QED) is 0.845. The van der Waals surface area contributed by atoms with E-state index in [1.54, 1.807) is 24.3 Å². The van der Waals surface area contributed by atoms with Gasteiger partial charge in [0.05, 0.1) is 0 Å². The van der Waals surface area contributed by atoms with Gasteiger partial charge in [-0.2, -0.15) is 0 Å². The number of hydrogen-bond donors (Lipinski definition) is 1. The first-order valence-electron chi connectivity index (χ1n) is 4.41. The molecule has 1 aromatic rings. The highest BCUT2D eigenvalue weighted by Gasteiger charge is 2.09. The number of alkyl halides is 1. The standard InChI is InChI=1S/C10H11ClFNO2/c11-8-1-3-9(4-2-8)13(6-5-12)7-10(14)15/h1-4H,5-7H2,(H,14,15). The molecule has 0 aliphatic rings. The van der Waals surface area contributed by atoms with Gasteiger partial charge >= 0.3 is 5.97 Å². The summed E-state index contributed by atoms with van der Waals surface area (Å²) < 4.78 is 12.2. The largest absolute Gasteiger partial charge is 0.480 e. The molecule has 0 atom stereocenters. The maximum Gasteiger partial charge on any atom is 0.323 e. The molecule has 0 saturated heterocycles. The van der Waals surface area contributed by atoms with E-state index in [0.717, 1.165) is 0 Å². The minimum absolute atomic E-state index is 0.0634. The highest BCUT2D eigenvalue weighted by atomic mass is 35.5. The second-order valence-corrected chi connectivity index (χ2v) is 3.42. The maximum atomic E-state index is 12.2. The summed E-state index contributed by atoms with van der Waals surface area (Å²) in [4.78, 5) is 12.0. The van der Waals surface area contributed by atoms with E-state index >= 15 is 0 Å². The van der Waals surface area contributed by atoms with Gasteiger partial charge in [0, 0.05) is 17.3 Å². The molecule has 0 aromatic heterocycles. The molecule has 0 spiro atoms. The molecule has 0 aliphatic carbocycles. The average Bonchev–Trinajstić information content (AvgIpc) is 2.17. The summed E-state index contributed by atoms with van der Waals surface area (Å²) in [6.45, 7) is -0.741. The summed E-state index contributed by atoms with van der Waals surface area (Å²) in [5.74, 6) is -0.988. The van der Waals surface area contributed by atoms with Crippen LogP contribution in [0.5, 0.6) is 0 Å². The molecular weight excluding hydrogens is 221 g/mol. The summed E-state index contributed by atoms with van der Waals surface area (Å²) in [7, 11) is 0. The molecule has 0 radical (unpaired) electrons. The molecule has 1 N–H and O–H groups in total. The zero-order chi connectivity index (χ0) is 11.3. The van der Waals surface area contributed by atoms with Crippen molar-refractivity contribution in [3.8, 4) is 0 Å². The van der Waals surface area contributed by atoms with Crippen molar-refractivity contribution in [2.24, 2.45) is 0 Å². The minimum atomic E-state index is -0.988. The summed E-state index contributed by atoms with van der Waals surface area (Å²) in [5.41, 5.74) is 0.652. The lowest BCUT2D eigenvalue weighted by atomic mass is 10.3. The Balaban J connectivity index is 2.78. The fraction of sp³-hybridized carbons (Fsp3) is 0.300. The Kier molecular flexibility index (Phi) is 4.37. The molecule has 1 rings (SSSR count). The predicted octanol–water partition coefficient (Wildman–Crippen LogP) is 2.20. The molecule has 0 heterocycles. The molecule has 0 saturated carbocycles. The fourth-order valence-electron chi connectivity index (χ4n) is 1.22. The summed E-state index contributed by atoms with van der Waals surface area (Å²) in [6, 6.07) is 6.62. The van der Waals surface area contributed by atoms with Crippen LogP contribution in [0.4, 0.5) is 10.1 Å². The van der Waals surface area contributed by atoms with Gasteiger partial charge in [-0.1, -0.05) is 11.6 Å². The number of carboxylic acid groups (broad SMARTS) is 1. The summed E-state index contributed by atoms with van der Waals surface area (Å²) in [6.07, 6.45) is 0. The molecule has 5 heteroatoms. The number of hydrogen-bond acceptors (Lipinski definition) is 2. The first kappa shape index (κ1) is 11.8. The average molecular weight is 232 g/mol. The van der Waals surface area contributed by atoms with Crippen LogP contribution in [0.1, 0.15) is 0 Å². The summed E-state index contributed by atoms with van der Waals surface area (Å²) >= 11 is 5.69. The Bertz CT molecular complexity index is 329. The SMILES string of the molecule is O=C(O)CN(CCF)c1ccc(Cl)cc1. The van der Waals surface area contributed by atoms with E-state index in [4.69, 9.17) is 16.7 Å². The molecule has 0 fully saturated rings. The topological polar surface area (TPSA) is 40.5 Å². The molecule has 82 valence electrons. The molecule has 0 unspecified atom stereocenters. The number of aliphatic carboxylic acids is 1. The smallest absolute Gasteiger partial charge is 0.323 e. The van der Waals surface area contributed by atoms with E-state index in [9.17, 15) is 9.18 Å². The third kappa shape index (κ3) is 3.75. The third-order valence-corrected chi connectivity index (χ3v) is 2.12. The van der Waals surface area contributed by atoms with Crippen LogP contribution in [0, 0.1) is 0 Å². The van der Waals surface area contributed by atoms with Crippen molar-refractivity contribution in [1.29, 1.82) is 0 Å². The highest BCUT2D eigenvalue weighted by Crippen LogP contribution is 2.17. The number of anilines is 1. The predicted molar refractivity (Wildman–Crippen MR) is 57.3 cm³/mol. The summed E-state index contributed by atoms with van der Waals surface area (Å²) in [5, 5.41) is 9.20. The number of carbonyl (C=O) groups is 1. The van der Waals surface area contributed by atoms with E-state index in [1.807, 2.05) is 0 Å². The van der Waals surface area contributed by atoms with E-state index in [-0.39, 0.29) is 13.1 Å². The lowest BCUT2D eigenvalue weighted by Crippen LogP contribution is -2.31. The van der Waals surface area contributed by atoms with Gasteiger partial charge in [0.25, 0.3) is 0 Å². The van der Waals surface area contributed by atoms with E-state index in [2.05, 4.69) is 0 Å². The Morgan fingerprint density at radius 1 is 1.40 bits per heavy atom. The van der Waals surface area contributed by atoms with Crippen LogP contribution in [0.3, 0.4) is 0 Å². The monoisotopic (exact) mass is 231 g/mol. The highest BCUT2D eigenvalue weighted by molar-refractivity contribution is 6.30. The first-order chi connectivity index (χ1) is 7.13. The Hall–Kier alpha value is -1.29. The molecule has 0 aliphatic heterocycles. The van der Waals surface area contributed by atoms with Crippen molar-refractivity contribution in [2.75, 3.05) is 24.7 Å². The molecule has 15 heavy (non-hydrogen) atoms. The minimum Gasteiger partial charge on any atom is -0.480 e. The van der Waals surface area contributed by atoms with Crippen LogP contribution in [0.15, 0.2) is 24.3 Å². The normalized spacial score (nSPS) is 10.0. The van der Waals surface area contributed by atoms with Gasteiger partial charge in [-0.05, 0) is 24.3 Å². The van der Waals surface area contributed by atoms with E-state index < -0.39 is 12.6 Å². The van der Waals surface area contributed by atoms with Crippen LogP contribution >= 0.6 is 11.6 Å². The van der Waals surface area contributed by atoms with Gasteiger partial charge in [-0.25, -0.2) is 4.39 Å². The number of nitrogens with zero attached hydrogens (tertiary/aromatic N) is 1. The van der Waals surface area contributed by atoms with Crippen molar-refractivity contribution in [1.82, 2.24) is 0 Å². The zero-order valence-electron chi connectivity index (χ0n) is 7.99. The van der Waals surface area contributed by atoms with Gasteiger partial charge in [0.15, 0.2) is 0 Å². The molecule has 0 bridgehead atoms. The fourth-order valence-corrected chi connectivity index (χ4v) is 1.34. The second kappa shape index (κ2) is 5.56. The second-order valence-electron chi connectivity index (χ2n) is 2.98. The zero-order valence-corrected chi connectivity index (χ0v) is 8.75. The van der Waals surface area contributed by atoms with Crippen LogP contribution in [-0.4, -0.2) is 30.8 Å². The van der Waals surface area contributed by atoms with E-state index in [0.29, 0.717) is 10.7 Å². The first-order valence-corrected chi connectivity index (χ1v) is 4.79. The maximum absolute atomic E-state index is 12.2. The number of rotatable bonds is 5. The van der Waals surface area contributed by atoms with Gasteiger partial charge in [0.2, 0.25) is 0 Å². The number of benzene rings is 1. The number of carboxylic acids is 1. The lowest BCUT2D eigenvalue weighted by Gasteiger charge is -2.21. The molecule has 1 aromatic carbocycles. The van der Waals surface area contributed by atoms with Crippen molar-refractivity contribution >= 4 is 23.3 Å². The van der Waals surface area contributed by atoms with Crippen LogP contribution < -0.4 is 4.90 Å². The molecule has 0 amide bonds. The molecular formula is C10H11ClFNO2. The van der Waals surface area contributed by atoms with Crippen molar-refractivity contribution in [3.05, 3.63) is 29.3 Å². The molecule has 3 nitrogen and oxygen atoms in total. The van der Waals surface area contributed by atoms with Crippen LogP contribution in [0.2, 0.25) is 5.02 Å². The van der Waals surface area contributed by atoms with Gasteiger partial charge in [-0.15, -0.1) is 0 Å². The Morgan fingerprint density at radius 3 is 2.47 bits per heavy atom.